The predicted octanol–water partition coefficient (Wildman–Crippen LogP) is 3.00. The smallest absolute Gasteiger partial charge is 0.310 e. The average Bonchev–Trinajstić information content (AvgIpc) is 2.40. The summed E-state index contributed by atoms with van der Waals surface area (Å²) in [6.45, 7) is 4.07. The number of methoxy groups -OCH3 is 1. The molecular weight excluding hydrogens is 246 g/mol. The van der Waals surface area contributed by atoms with Crippen molar-refractivity contribution in [1.29, 1.82) is 0 Å². The molecule has 0 fully saturated rings. The molecule has 0 radical (unpaired) electrons. The van der Waals surface area contributed by atoms with Gasteiger partial charge in [0.05, 0.1) is 13.0 Å². The SMILES string of the molecule is CCSc1ccc(C(N)C(CC)C(=O)OC)cc1. The van der Waals surface area contributed by atoms with Crippen LogP contribution in [0.1, 0.15) is 31.9 Å². The highest BCUT2D eigenvalue weighted by atomic mass is 32.2. The van der Waals surface area contributed by atoms with Gasteiger partial charge in [0.25, 0.3) is 0 Å². The lowest BCUT2D eigenvalue weighted by atomic mass is 9.92. The minimum absolute atomic E-state index is 0.239. The number of esters is 1. The van der Waals surface area contributed by atoms with Gasteiger partial charge in [-0.3, -0.25) is 4.79 Å². The molecule has 0 aliphatic heterocycles. The third-order valence-corrected chi connectivity index (χ3v) is 3.85. The van der Waals surface area contributed by atoms with Crippen LogP contribution in [0.5, 0.6) is 0 Å². The maximum absolute atomic E-state index is 11.6. The summed E-state index contributed by atoms with van der Waals surface area (Å²) < 4.78 is 4.79. The molecule has 0 aliphatic rings. The van der Waals surface area contributed by atoms with Crippen molar-refractivity contribution in [2.45, 2.75) is 31.2 Å². The Hall–Kier alpha value is -1.00. The molecule has 1 aromatic rings. The second-order valence-corrected chi connectivity index (χ2v) is 5.40. The fraction of sp³-hybridized carbons (Fsp3) is 0.500. The number of rotatable bonds is 6. The van der Waals surface area contributed by atoms with Crippen LogP contribution in [-0.4, -0.2) is 18.8 Å². The fourth-order valence-corrected chi connectivity index (χ4v) is 2.57. The van der Waals surface area contributed by atoms with Gasteiger partial charge in [0.2, 0.25) is 0 Å². The first-order chi connectivity index (χ1) is 8.63. The van der Waals surface area contributed by atoms with Gasteiger partial charge in [-0.25, -0.2) is 0 Å². The number of benzene rings is 1. The molecule has 2 atom stereocenters. The molecule has 100 valence electrons. The monoisotopic (exact) mass is 267 g/mol. The number of carbonyl (C=O) groups excluding carboxylic acids is 1. The van der Waals surface area contributed by atoms with E-state index in [0.29, 0.717) is 6.42 Å². The molecule has 0 bridgehead atoms. The summed E-state index contributed by atoms with van der Waals surface area (Å²) in [5.74, 6) is 0.530. The van der Waals surface area contributed by atoms with E-state index < -0.39 is 0 Å². The number of thioether (sulfide) groups is 1. The quantitative estimate of drug-likeness (QED) is 0.636. The molecule has 0 saturated carbocycles. The van der Waals surface area contributed by atoms with Gasteiger partial charge in [-0.2, -0.15) is 0 Å². The molecule has 0 aromatic heterocycles. The lowest BCUT2D eigenvalue weighted by Gasteiger charge is -2.20. The van der Waals surface area contributed by atoms with Gasteiger partial charge in [-0.1, -0.05) is 26.0 Å². The van der Waals surface area contributed by atoms with Gasteiger partial charge in [0.15, 0.2) is 0 Å². The van der Waals surface area contributed by atoms with Crippen molar-refractivity contribution in [2.24, 2.45) is 11.7 Å². The van der Waals surface area contributed by atoms with Gasteiger partial charge in [-0.05, 0) is 29.9 Å². The highest BCUT2D eigenvalue weighted by Gasteiger charge is 2.25. The van der Waals surface area contributed by atoms with Crippen molar-refractivity contribution in [2.75, 3.05) is 12.9 Å². The summed E-state index contributed by atoms with van der Waals surface area (Å²) in [5, 5.41) is 0. The Bertz CT molecular complexity index is 378. The lowest BCUT2D eigenvalue weighted by molar-refractivity contribution is -0.146. The Balaban J connectivity index is 2.81. The van der Waals surface area contributed by atoms with Gasteiger partial charge >= 0.3 is 5.97 Å². The second kappa shape index (κ2) is 7.44. The molecule has 0 saturated heterocycles. The molecule has 0 aliphatic carbocycles. The normalized spacial score (nSPS) is 14.0. The molecule has 3 nitrogen and oxygen atoms in total. The third-order valence-electron chi connectivity index (χ3n) is 2.95. The van der Waals surface area contributed by atoms with Crippen LogP contribution in [0.3, 0.4) is 0 Å². The summed E-state index contributed by atoms with van der Waals surface area (Å²) in [4.78, 5) is 12.8. The molecule has 0 amide bonds. The van der Waals surface area contributed by atoms with Crippen LogP contribution < -0.4 is 5.73 Å². The van der Waals surface area contributed by atoms with Crippen LogP contribution in [0, 0.1) is 5.92 Å². The topological polar surface area (TPSA) is 52.3 Å². The van der Waals surface area contributed by atoms with E-state index in [2.05, 4.69) is 6.92 Å². The standard InChI is InChI=1S/C14H21NO2S/c1-4-12(14(16)17-3)13(15)10-6-8-11(9-7-10)18-5-2/h6-9,12-13H,4-5,15H2,1-3H3. The third kappa shape index (κ3) is 3.75. The van der Waals surface area contributed by atoms with Crippen molar-refractivity contribution >= 4 is 17.7 Å². The summed E-state index contributed by atoms with van der Waals surface area (Å²) >= 11 is 1.79. The summed E-state index contributed by atoms with van der Waals surface area (Å²) in [5.41, 5.74) is 7.12. The van der Waals surface area contributed by atoms with E-state index in [1.807, 2.05) is 31.2 Å². The first-order valence-corrected chi connectivity index (χ1v) is 7.18. The number of hydrogen-bond donors (Lipinski definition) is 1. The summed E-state index contributed by atoms with van der Waals surface area (Å²) in [6, 6.07) is 7.78. The van der Waals surface area contributed by atoms with E-state index in [-0.39, 0.29) is 17.9 Å². The first-order valence-electron chi connectivity index (χ1n) is 6.20. The molecule has 2 N–H and O–H groups in total. The van der Waals surface area contributed by atoms with Crippen LogP contribution in [0.25, 0.3) is 0 Å². The van der Waals surface area contributed by atoms with E-state index in [0.717, 1.165) is 11.3 Å². The van der Waals surface area contributed by atoms with Gasteiger partial charge in [-0.15, -0.1) is 11.8 Å². The van der Waals surface area contributed by atoms with E-state index in [1.54, 1.807) is 11.8 Å². The second-order valence-electron chi connectivity index (χ2n) is 4.07. The summed E-state index contributed by atoms with van der Waals surface area (Å²) in [6.07, 6.45) is 0.680. The van der Waals surface area contributed by atoms with Crippen LogP contribution in [0.15, 0.2) is 29.2 Å². The van der Waals surface area contributed by atoms with Crippen molar-refractivity contribution in [1.82, 2.24) is 0 Å². The zero-order valence-electron chi connectivity index (χ0n) is 11.2. The number of ether oxygens (including phenoxy) is 1. The van der Waals surface area contributed by atoms with E-state index >= 15 is 0 Å². The van der Waals surface area contributed by atoms with Crippen LogP contribution in [-0.2, 0) is 9.53 Å². The Kier molecular flexibility index (Phi) is 6.22. The van der Waals surface area contributed by atoms with E-state index in [9.17, 15) is 4.79 Å². The van der Waals surface area contributed by atoms with Gasteiger partial charge < -0.3 is 10.5 Å². The van der Waals surface area contributed by atoms with Crippen molar-refractivity contribution < 1.29 is 9.53 Å². The number of carbonyl (C=O) groups is 1. The first kappa shape index (κ1) is 15.1. The Labute approximate surface area is 113 Å². The molecule has 2 unspecified atom stereocenters. The highest BCUT2D eigenvalue weighted by molar-refractivity contribution is 7.99. The minimum atomic E-state index is -0.303. The van der Waals surface area contributed by atoms with Crippen molar-refractivity contribution in [3.63, 3.8) is 0 Å². The largest absolute Gasteiger partial charge is 0.469 e. The van der Waals surface area contributed by atoms with Crippen LogP contribution in [0.2, 0.25) is 0 Å². The summed E-state index contributed by atoms with van der Waals surface area (Å²) in [7, 11) is 1.40. The molecule has 4 heteroatoms. The van der Waals surface area contributed by atoms with Crippen molar-refractivity contribution in [3.8, 4) is 0 Å². The van der Waals surface area contributed by atoms with Gasteiger partial charge in [0.1, 0.15) is 0 Å². The number of hydrogen-bond acceptors (Lipinski definition) is 4. The molecule has 0 heterocycles. The minimum Gasteiger partial charge on any atom is -0.469 e. The molecule has 0 spiro atoms. The van der Waals surface area contributed by atoms with Crippen LogP contribution >= 0.6 is 11.8 Å². The molecule has 1 rings (SSSR count). The van der Waals surface area contributed by atoms with E-state index in [4.69, 9.17) is 10.5 Å². The zero-order chi connectivity index (χ0) is 13.5. The maximum atomic E-state index is 11.6. The fourth-order valence-electron chi connectivity index (χ4n) is 1.90. The zero-order valence-corrected chi connectivity index (χ0v) is 12.0. The molecule has 1 aromatic carbocycles. The Morgan fingerprint density at radius 1 is 1.33 bits per heavy atom. The number of nitrogens with two attached hydrogens (primary N) is 1. The lowest BCUT2D eigenvalue weighted by Crippen LogP contribution is -2.28. The Morgan fingerprint density at radius 2 is 1.94 bits per heavy atom. The maximum Gasteiger partial charge on any atom is 0.310 e. The molecule has 18 heavy (non-hydrogen) atoms. The van der Waals surface area contributed by atoms with Crippen molar-refractivity contribution in [3.05, 3.63) is 29.8 Å². The highest BCUT2D eigenvalue weighted by Crippen LogP contribution is 2.26. The Morgan fingerprint density at radius 3 is 2.39 bits per heavy atom. The average molecular weight is 267 g/mol. The van der Waals surface area contributed by atoms with E-state index in [1.165, 1.54) is 12.0 Å². The molecular formula is C14H21NO2S. The van der Waals surface area contributed by atoms with Crippen LogP contribution in [0.4, 0.5) is 0 Å². The van der Waals surface area contributed by atoms with Gasteiger partial charge in [0, 0.05) is 10.9 Å². The predicted molar refractivity (Wildman–Crippen MR) is 75.6 cm³/mol.